The van der Waals surface area contributed by atoms with Gasteiger partial charge >= 0.3 is 5.97 Å². The van der Waals surface area contributed by atoms with E-state index < -0.39 is 11.8 Å². The van der Waals surface area contributed by atoms with Crippen LogP contribution in [-0.4, -0.2) is 21.7 Å². The third kappa shape index (κ3) is 4.35. The minimum absolute atomic E-state index is 0.255. The molecule has 2 N–H and O–H groups in total. The smallest absolute Gasteiger partial charge is 0.352 e. The van der Waals surface area contributed by atoms with Crippen molar-refractivity contribution in [2.45, 2.75) is 52.2 Å². The number of rotatable bonds is 6. The molecular formula is C25H28ClFN2O2. The van der Waals surface area contributed by atoms with Crippen LogP contribution in [0.15, 0.2) is 42.5 Å². The molecule has 6 heteroatoms. The average Bonchev–Trinajstić information content (AvgIpc) is 3.05. The van der Waals surface area contributed by atoms with Gasteiger partial charge in [0.05, 0.1) is 0 Å². The number of halogens is 2. The summed E-state index contributed by atoms with van der Waals surface area (Å²) in [6.45, 7) is 5.32. The molecule has 0 radical (unpaired) electrons. The highest BCUT2D eigenvalue weighted by molar-refractivity contribution is 6.31. The molecule has 1 saturated carbocycles. The van der Waals surface area contributed by atoms with E-state index >= 15 is 0 Å². The number of carbonyl (C=O) groups is 1. The van der Waals surface area contributed by atoms with E-state index in [1.54, 1.807) is 10.6 Å². The van der Waals surface area contributed by atoms with Gasteiger partial charge in [-0.1, -0.05) is 62.6 Å². The number of carboxylic acid groups (broad SMARTS) is 1. The number of aromatic carboxylic acids is 1. The van der Waals surface area contributed by atoms with Gasteiger partial charge < -0.3 is 15.0 Å². The van der Waals surface area contributed by atoms with Crippen LogP contribution in [0.1, 0.15) is 54.7 Å². The van der Waals surface area contributed by atoms with E-state index in [1.165, 1.54) is 25.0 Å². The highest BCUT2D eigenvalue weighted by Gasteiger charge is 2.28. The Morgan fingerprint density at radius 2 is 2.00 bits per heavy atom. The number of para-hydroxylation sites is 1. The fourth-order valence-electron chi connectivity index (χ4n) is 4.89. The van der Waals surface area contributed by atoms with Crippen LogP contribution in [-0.2, 0) is 13.1 Å². The predicted molar refractivity (Wildman–Crippen MR) is 122 cm³/mol. The molecule has 0 unspecified atom stereocenters. The third-order valence-corrected chi connectivity index (χ3v) is 7.22. The van der Waals surface area contributed by atoms with E-state index in [2.05, 4.69) is 19.2 Å². The first-order valence-electron chi connectivity index (χ1n) is 10.9. The van der Waals surface area contributed by atoms with E-state index in [1.807, 2.05) is 24.3 Å². The summed E-state index contributed by atoms with van der Waals surface area (Å²) in [4.78, 5) is 12.4. The maximum absolute atomic E-state index is 13.5. The Morgan fingerprint density at radius 1 is 1.23 bits per heavy atom. The van der Waals surface area contributed by atoms with Gasteiger partial charge in [-0.3, -0.25) is 0 Å². The molecule has 3 atom stereocenters. The molecule has 1 aliphatic rings. The Hall–Kier alpha value is -2.37. The molecule has 0 bridgehead atoms. The number of aromatic nitrogens is 1. The van der Waals surface area contributed by atoms with Gasteiger partial charge in [-0.2, -0.15) is 0 Å². The second kappa shape index (κ2) is 9.01. The van der Waals surface area contributed by atoms with Crippen LogP contribution in [0, 0.1) is 17.7 Å². The Morgan fingerprint density at radius 3 is 2.74 bits per heavy atom. The Labute approximate surface area is 187 Å². The van der Waals surface area contributed by atoms with Gasteiger partial charge in [0, 0.05) is 40.6 Å². The number of nitrogens with zero attached hydrogens (tertiary/aromatic N) is 1. The lowest BCUT2D eigenvalue weighted by Gasteiger charge is -2.34. The zero-order valence-electron chi connectivity index (χ0n) is 17.9. The molecule has 0 saturated heterocycles. The normalized spacial score (nSPS) is 21.5. The fourth-order valence-corrected chi connectivity index (χ4v) is 5.11. The van der Waals surface area contributed by atoms with Crippen LogP contribution in [0.25, 0.3) is 10.9 Å². The van der Waals surface area contributed by atoms with Crippen molar-refractivity contribution in [3.05, 3.63) is 70.1 Å². The molecule has 164 valence electrons. The molecule has 4 nitrogen and oxygen atoms in total. The topological polar surface area (TPSA) is 54.3 Å². The Balaban J connectivity index is 1.73. The summed E-state index contributed by atoms with van der Waals surface area (Å²) in [5, 5.41) is 15.0. The van der Waals surface area contributed by atoms with Crippen LogP contribution in [0.4, 0.5) is 4.39 Å². The SMILES string of the molecule is C[C@@H]1[C@H](C)CCC[C@@H]1NCc1c(C(=O)O)n(Cc2ccc(F)cc2Cl)c2ccccc12. The molecule has 1 aliphatic carbocycles. The molecule has 0 amide bonds. The minimum atomic E-state index is -0.976. The molecule has 0 aliphatic heterocycles. The zero-order valence-corrected chi connectivity index (χ0v) is 18.6. The van der Waals surface area contributed by atoms with Gasteiger partial charge in [0.1, 0.15) is 11.5 Å². The first-order chi connectivity index (χ1) is 14.9. The Bertz CT molecular complexity index is 1110. The van der Waals surface area contributed by atoms with E-state index in [4.69, 9.17) is 11.6 Å². The van der Waals surface area contributed by atoms with Gasteiger partial charge in [0.2, 0.25) is 0 Å². The largest absolute Gasteiger partial charge is 0.477 e. The maximum atomic E-state index is 13.5. The first-order valence-corrected chi connectivity index (χ1v) is 11.2. The summed E-state index contributed by atoms with van der Waals surface area (Å²) in [7, 11) is 0. The highest BCUT2D eigenvalue weighted by atomic mass is 35.5. The number of benzene rings is 2. The standard InChI is InChI=1S/C25H28ClFN2O2/c1-15-6-5-8-22(16(15)2)28-13-20-19-7-3-4-9-23(19)29(24(20)25(30)31)14-17-10-11-18(27)12-21(17)26/h3-4,7,9-12,15-16,22,28H,5-6,8,13-14H2,1-2H3,(H,30,31)/t15-,16-,22+/m1/s1. The van der Waals surface area contributed by atoms with Crippen LogP contribution < -0.4 is 5.32 Å². The van der Waals surface area contributed by atoms with E-state index in [9.17, 15) is 14.3 Å². The fraction of sp³-hybridized carbons (Fsp3) is 0.400. The number of hydrogen-bond donors (Lipinski definition) is 2. The van der Waals surface area contributed by atoms with Gasteiger partial charge in [-0.15, -0.1) is 0 Å². The Kier molecular flexibility index (Phi) is 6.35. The summed E-state index contributed by atoms with van der Waals surface area (Å²) in [6.07, 6.45) is 3.55. The molecule has 0 spiro atoms. The third-order valence-electron chi connectivity index (χ3n) is 6.87. The van der Waals surface area contributed by atoms with Crippen molar-refractivity contribution in [3.63, 3.8) is 0 Å². The summed E-state index contributed by atoms with van der Waals surface area (Å²) < 4.78 is 15.3. The van der Waals surface area contributed by atoms with E-state index in [0.717, 1.165) is 22.9 Å². The predicted octanol–water partition coefficient (Wildman–Crippen LogP) is 6.09. The van der Waals surface area contributed by atoms with Crippen molar-refractivity contribution in [1.29, 1.82) is 0 Å². The molecule has 1 fully saturated rings. The van der Waals surface area contributed by atoms with Crippen LogP contribution >= 0.6 is 11.6 Å². The molecule has 2 aromatic carbocycles. The highest BCUT2D eigenvalue weighted by Crippen LogP contribution is 2.32. The second-order valence-electron chi connectivity index (χ2n) is 8.73. The molecule has 3 aromatic rings. The summed E-state index contributed by atoms with van der Waals surface area (Å²) in [5.74, 6) is -0.179. The summed E-state index contributed by atoms with van der Waals surface area (Å²) in [5.41, 5.74) is 2.56. The van der Waals surface area contributed by atoms with Crippen molar-refractivity contribution in [2.75, 3.05) is 0 Å². The number of carboxylic acids is 1. The van der Waals surface area contributed by atoms with Crippen molar-refractivity contribution in [1.82, 2.24) is 9.88 Å². The van der Waals surface area contributed by atoms with Gasteiger partial charge in [-0.25, -0.2) is 9.18 Å². The lowest BCUT2D eigenvalue weighted by Crippen LogP contribution is -2.40. The quantitative estimate of drug-likeness (QED) is 0.485. The lowest BCUT2D eigenvalue weighted by molar-refractivity contribution is 0.0684. The average molecular weight is 443 g/mol. The minimum Gasteiger partial charge on any atom is -0.477 e. The molecule has 1 heterocycles. The molecule has 31 heavy (non-hydrogen) atoms. The van der Waals surface area contributed by atoms with Gasteiger partial charge in [0.25, 0.3) is 0 Å². The zero-order chi connectivity index (χ0) is 22.1. The lowest BCUT2D eigenvalue weighted by atomic mass is 9.78. The van der Waals surface area contributed by atoms with Gasteiger partial charge in [0.15, 0.2) is 0 Å². The van der Waals surface area contributed by atoms with E-state index in [0.29, 0.717) is 35.0 Å². The molecule has 4 rings (SSSR count). The molecular weight excluding hydrogens is 415 g/mol. The second-order valence-corrected chi connectivity index (χ2v) is 9.13. The van der Waals surface area contributed by atoms with E-state index in [-0.39, 0.29) is 12.2 Å². The maximum Gasteiger partial charge on any atom is 0.352 e. The monoisotopic (exact) mass is 442 g/mol. The van der Waals surface area contributed by atoms with Crippen molar-refractivity contribution in [3.8, 4) is 0 Å². The first kappa shape index (κ1) is 21.8. The summed E-state index contributed by atoms with van der Waals surface area (Å²) in [6, 6.07) is 12.3. The number of fused-ring (bicyclic) bond motifs is 1. The van der Waals surface area contributed by atoms with Crippen LogP contribution in [0.3, 0.4) is 0 Å². The number of hydrogen-bond acceptors (Lipinski definition) is 2. The van der Waals surface area contributed by atoms with Crippen LogP contribution in [0.5, 0.6) is 0 Å². The van der Waals surface area contributed by atoms with Crippen molar-refractivity contribution >= 4 is 28.5 Å². The molecule has 1 aromatic heterocycles. The summed E-state index contributed by atoms with van der Waals surface area (Å²) >= 11 is 6.25. The van der Waals surface area contributed by atoms with Crippen molar-refractivity contribution < 1.29 is 14.3 Å². The van der Waals surface area contributed by atoms with Crippen molar-refractivity contribution in [2.24, 2.45) is 11.8 Å². The number of nitrogens with one attached hydrogen (secondary N) is 1. The van der Waals surface area contributed by atoms with Gasteiger partial charge in [-0.05, 0) is 42.0 Å². The van der Waals surface area contributed by atoms with Crippen LogP contribution in [0.2, 0.25) is 5.02 Å².